The van der Waals surface area contributed by atoms with Gasteiger partial charge in [-0.2, -0.15) is 0 Å². The van der Waals surface area contributed by atoms with Gasteiger partial charge in [0.1, 0.15) is 18.1 Å². The average Bonchev–Trinajstić information content (AvgIpc) is 3.50. The zero-order valence-corrected chi connectivity index (χ0v) is 17.3. The molecular weight excluding hydrogens is 410 g/mol. The molecule has 0 radical (unpaired) electrons. The molecule has 0 atom stereocenters. The molecule has 0 spiro atoms. The fraction of sp³-hybridized carbons (Fsp3) is 0.125. The number of aryl methyl sites for hydroxylation is 1. The van der Waals surface area contributed by atoms with Crippen LogP contribution in [0.1, 0.15) is 37.9 Å². The molecule has 2 amide bonds. The lowest BCUT2D eigenvalue weighted by atomic mass is 10.1. The maximum absolute atomic E-state index is 12.3. The van der Waals surface area contributed by atoms with E-state index in [1.807, 2.05) is 19.1 Å². The van der Waals surface area contributed by atoms with E-state index in [1.165, 1.54) is 12.3 Å². The van der Waals surface area contributed by atoms with Crippen LogP contribution in [0.25, 0.3) is 0 Å². The molecule has 4 aromatic rings. The van der Waals surface area contributed by atoms with Gasteiger partial charge in [0.05, 0.1) is 12.8 Å². The topological polar surface area (TPSA) is 107 Å². The summed E-state index contributed by atoms with van der Waals surface area (Å²) in [6.45, 7) is 2.34. The fourth-order valence-electron chi connectivity index (χ4n) is 2.86. The predicted molar refractivity (Wildman–Crippen MR) is 116 cm³/mol. The van der Waals surface area contributed by atoms with Gasteiger partial charge in [0, 0.05) is 17.3 Å². The first-order valence-corrected chi connectivity index (χ1v) is 9.94. The van der Waals surface area contributed by atoms with Crippen LogP contribution in [0.4, 0.5) is 5.69 Å². The van der Waals surface area contributed by atoms with Crippen LogP contribution < -0.4 is 15.4 Å². The van der Waals surface area contributed by atoms with Gasteiger partial charge in [0.2, 0.25) is 0 Å². The number of ether oxygens (including phenoxy) is 1. The lowest BCUT2D eigenvalue weighted by Gasteiger charge is -2.07. The SMILES string of the molecule is Cc1ccc(C(=O)Nc2ccc(OCc3cc(C(=O)NCc4ccco4)no3)cc2)cc1. The van der Waals surface area contributed by atoms with Crippen molar-refractivity contribution in [3.63, 3.8) is 0 Å². The van der Waals surface area contributed by atoms with Crippen molar-refractivity contribution in [2.45, 2.75) is 20.1 Å². The van der Waals surface area contributed by atoms with Crippen LogP contribution in [0.15, 0.2) is 81.9 Å². The Hall–Kier alpha value is -4.33. The van der Waals surface area contributed by atoms with Crippen molar-refractivity contribution in [2.24, 2.45) is 0 Å². The standard InChI is InChI=1S/C24H21N3O5/c1-16-4-6-17(7-5-16)23(28)26-18-8-10-19(11-9-18)31-15-21-13-22(27-32-21)24(29)25-14-20-3-2-12-30-20/h2-13H,14-15H2,1H3,(H,25,29)(H,26,28). The van der Waals surface area contributed by atoms with Crippen molar-refractivity contribution < 1.29 is 23.3 Å². The van der Waals surface area contributed by atoms with Crippen molar-refractivity contribution in [3.8, 4) is 5.75 Å². The molecular formula is C24H21N3O5. The molecule has 0 aliphatic heterocycles. The summed E-state index contributed by atoms with van der Waals surface area (Å²) in [4.78, 5) is 24.4. The van der Waals surface area contributed by atoms with Crippen molar-refractivity contribution in [1.82, 2.24) is 10.5 Å². The van der Waals surface area contributed by atoms with Crippen LogP contribution in [-0.2, 0) is 13.2 Å². The number of rotatable bonds is 8. The van der Waals surface area contributed by atoms with Gasteiger partial charge in [0.15, 0.2) is 11.5 Å². The Labute approximate surface area is 184 Å². The van der Waals surface area contributed by atoms with Crippen LogP contribution in [-0.4, -0.2) is 17.0 Å². The Bertz CT molecular complexity index is 1180. The van der Waals surface area contributed by atoms with E-state index in [1.54, 1.807) is 48.5 Å². The van der Waals surface area contributed by atoms with E-state index in [0.717, 1.165) is 5.56 Å². The quantitative estimate of drug-likeness (QED) is 0.430. The maximum atomic E-state index is 12.3. The molecule has 2 heterocycles. The van der Waals surface area contributed by atoms with E-state index in [-0.39, 0.29) is 30.7 Å². The van der Waals surface area contributed by atoms with Gasteiger partial charge in [-0.25, -0.2) is 0 Å². The Morgan fingerprint density at radius 3 is 2.47 bits per heavy atom. The van der Waals surface area contributed by atoms with Gasteiger partial charge in [-0.15, -0.1) is 0 Å². The molecule has 0 unspecified atom stereocenters. The summed E-state index contributed by atoms with van der Waals surface area (Å²) < 4.78 is 16.0. The second-order valence-corrected chi connectivity index (χ2v) is 7.07. The molecule has 0 saturated carbocycles. The van der Waals surface area contributed by atoms with Crippen molar-refractivity contribution in [3.05, 3.63) is 101 Å². The number of amides is 2. The molecule has 32 heavy (non-hydrogen) atoms. The fourth-order valence-corrected chi connectivity index (χ4v) is 2.86. The molecule has 162 valence electrons. The molecule has 0 aliphatic rings. The summed E-state index contributed by atoms with van der Waals surface area (Å²) in [5, 5.41) is 9.30. The van der Waals surface area contributed by atoms with Gasteiger partial charge in [0.25, 0.3) is 11.8 Å². The van der Waals surface area contributed by atoms with E-state index in [9.17, 15) is 9.59 Å². The highest BCUT2D eigenvalue weighted by molar-refractivity contribution is 6.04. The van der Waals surface area contributed by atoms with E-state index in [2.05, 4.69) is 15.8 Å². The minimum atomic E-state index is -0.370. The number of carbonyl (C=O) groups is 2. The van der Waals surface area contributed by atoms with Crippen LogP contribution in [0, 0.1) is 6.92 Å². The molecule has 8 nitrogen and oxygen atoms in total. The first-order valence-electron chi connectivity index (χ1n) is 9.94. The zero-order valence-electron chi connectivity index (χ0n) is 17.3. The maximum Gasteiger partial charge on any atom is 0.273 e. The van der Waals surface area contributed by atoms with Gasteiger partial charge in [-0.3, -0.25) is 9.59 Å². The number of carbonyl (C=O) groups excluding carboxylic acids is 2. The summed E-state index contributed by atoms with van der Waals surface area (Å²) in [5.74, 6) is 1.08. The second kappa shape index (κ2) is 9.65. The molecule has 0 saturated heterocycles. The molecule has 8 heteroatoms. The van der Waals surface area contributed by atoms with Gasteiger partial charge in [-0.1, -0.05) is 22.9 Å². The number of benzene rings is 2. The molecule has 0 fully saturated rings. The molecule has 0 bridgehead atoms. The monoisotopic (exact) mass is 431 g/mol. The van der Waals surface area contributed by atoms with Crippen LogP contribution in [0.5, 0.6) is 5.75 Å². The first-order chi connectivity index (χ1) is 15.6. The summed E-state index contributed by atoms with van der Waals surface area (Å²) in [7, 11) is 0. The molecule has 2 N–H and O–H groups in total. The third-order valence-electron chi connectivity index (χ3n) is 4.60. The Kier molecular flexibility index (Phi) is 6.31. The number of nitrogens with one attached hydrogen (secondary N) is 2. The summed E-state index contributed by atoms with van der Waals surface area (Å²) >= 11 is 0. The number of furan rings is 1. The number of nitrogens with zero attached hydrogens (tertiary/aromatic N) is 1. The average molecular weight is 431 g/mol. The molecule has 2 aromatic carbocycles. The third-order valence-corrected chi connectivity index (χ3v) is 4.60. The van der Waals surface area contributed by atoms with Crippen LogP contribution >= 0.6 is 0 Å². The third kappa shape index (κ3) is 5.42. The highest BCUT2D eigenvalue weighted by Gasteiger charge is 2.13. The van der Waals surface area contributed by atoms with Crippen molar-refractivity contribution in [1.29, 1.82) is 0 Å². The van der Waals surface area contributed by atoms with Crippen LogP contribution in [0.2, 0.25) is 0 Å². The first kappa shape index (κ1) is 20.9. The minimum Gasteiger partial charge on any atom is -0.486 e. The number of anilines is 1. The van der Waals surface area contributed by atoms with E-state index >= 15 is 0 Å². The highest BCUT2D eigenvalue weighted by Crippen LogP contribution is 2.18. The number of hydrogen-bond acceptors (Lipinski definition) is 6. The molecule has 0 aliphatic carbocycles. The van der Waals surface area contributed by atoms with Gasteiger partial charge >= 0.3 is 0 Å². The normalized spacial score (nSPS) is 10.5. The largest absolute Gasteiger partial charge is 0.486 e. The van der Waals surface area contributed by atoms with E-state index < -0.39 is 0 Å². The van der Waals surface area contributed by atoms with Crippen molar-refractivity contribution in [2.75, 3.05) is 5.32 Å². The lowest BCUT2D eigenvalue weighted by Crippen LogP contribution is -2.22. The molecule has 4 rings (SSSR count). The zero-order chi connectivity index (χ0) is 22.3. The lowest BCUT2D eigenvalue weighted by molar-refractivity contribution is 0.0938. The minimum absolute atomic E-state index is 0.105. The van der Waals surface area contributed by atoms with Gasteiger partial charge in [-0.05, 0) is 55.5 Å². The van der Waals surface area contributed by atoms with E-state index in [0.29, 0.717) is 28.5 Å². The predicted octanol–water partition coefficient (Wildman–Crippen LogP) is 4.34. The Morgan fingerprint density at radius 1 is 0.969 bits per heavy atom. The summed E-state index contributed by atoms with van der Waals surface area (Å²) in [6, 6.07) is 19.3. The van der Waals surface area contributed by atoms with Crippen LogP contribution in [0.3, 0.4) is 0 Å². The summed E-state index contributed by atoms with van der Waals surface area (Å²) in [6.07, 6.45) is 1.54. The Morgan fingerprint density at radius 2 is 1.75 bits per heavy atom. The smallest absolute Gasteiger partial charge is 0.273 e. The number of hydrogen-bond donors (Lipinski definition) is 2. The van der Waals surface area contributed by atoms with Gasteiger partial charge < -0.3 is 24.3 Å². The Balaban J connectivity index is 1.26. The van der Waals surface area contributed by atoms with Crippen molar-refractivity contribution >= 4 is 17.5 Å². The second-order valence-electron chi connectivity index (χ2n) is 7.07. The highest BCUT2D eigenvalue weighted by atomic mass is 16.5. The molecule has 2 aromatic heterocycles. The number of aromatic nitrogens is 1. The van der Waals surface area contributed by atoms with E-state index in [4.69, 9.17) is 13.7 Å². The summed E-state index contributed by atoms with van der Waals surface area (Å²) in [5.41, 5.74) is 2.49.